The molecule has 5 nitrogen and oxygen atoms in total. The van der Waals surface area contributed by atoms with Gasteiger partial charge in [-0.25, -0.2) is 0 Å². The average Bonchev–Trinajstić information content (AvgIpc) is 3.26. The molecule has 28 heavy (non-hydrogen) atoms. The van der Waals surface area contributed by atoms with E-state index in [9.17, 15) is 9.59 Å². The molecule has 0 aromatic heterocycles. The lowest BCUT2D eigenvalue weighted by Crippen LogP contribution is -2.39. The van der Waals surface area contributed by atoms with Gasteiger partial charge in [0.25, 0.3) is 5.91 Å². The number of likely N-dealkylation sites (N-methyl/N-ethyl adjacent to an activating group) is 1. The minimum absolute atomic E-state index is 0.0722. The van der Waals surface area contributed by atoms with Crippen molar-refractivity contribution in [3.8, 4) is 0 Å². The maximum atomic E-state index is 12.6. The summed E-state index contributed by atoms with van der Waals surface area (Å²) >= 11 is 0. The van der Waals surface area contributed by atoms with Crippen molar-refractivity contribution in [1.29, 1.82) is 0 Å². The van der Waals surface area contributed by atoms with Gasteiger partial charge in [0.2, 0.25) is 5.91 Å². The van der Waals surface area contributed by atoms with Gasteiger partial charge in [0.15, 0.2) is 0 Å². The fourth-order valence-electron chi connectivity index (χ4n) is 3.81. The van der Waals surface area contributed by atoms with Gasteiger partial charge in [0.05, 0.1) is 17.8 Å². The molecule has 1 aliphatic rings. The molecular formula is C23H29N3O2. The lowest BCUT2D eigenvalue weighted by atomic mass is 10.1. The highest BCUT2D eigenvalue weighted by molar-refractivity contribution is 6.04. The van der Waals surface area contributed by atoms with E-state index in [2.05, 4.69) is 22.5 Å². The Bertz CT molecular complexity index is 785. The quantitative estimate of drug-likeness (QED) is 0.733. The number of hydrogen-bond acceptors (Lipinski definition) is 3. The zero-order valence-corrected chi connectivity index (χ0v) is 16.5. The van der Waals surface area contributed by atoms with Crippen molar-refractivity contribution in [1.82, 2.24) is 10.2 Å². The summed E-state index contributed by atoms with van der Waals surface area (Å²) in [6, 6.07) is 17.4. The monoisotopic (exact) mass is 379 g/mol. The largest absolute Gasteiger partial charge is 0.348 e. The lowest BCUT2D eigenvalue weighted by molar-refractivity contribution is -0.117. The maximum Gasteiger partial charge on any atom is 0.253 e. The second-order valence-corrected chi connectivity index (χ2v) is 7.26. The molecule has 0 unspecified atom stereocenters. The normalized spacial score (nSPS) is 14.2. The van der Waals surface area contributed by atoms with Gasteiger partial charge in [0, 0.05) is 12.6 Å². The minimum Gasteiger partial charge on any atom is -0.348 e. The highest BCUT2D eigenvalue weighted by Gasteiger charge is 2.23. The summed E-state index contributed by atoms with van der Waals surface area (Å²) in [4.78, 5) is 27.5. The summed E-state index contributed by atoms with van der Waals surface area (Å²) in [5.74, 6) is -0.264. The fourth-order valence-corrected chi connectivity index (χ4v) is 3.81. The molecule has 3 rings (SSSR count). The third-order valence-electron chi connectivity index (χ3n) is 5.34. The molecule has 5 heteroatoms. The van der Waals surface area contributed by atoms with Gasteiger partial charge in [-0.2, -0.15) is 0 Å². The number of hydrogen-bond donors (Lipinski definition) is 2. The van der Waals surface area contributed by atoms with E-state index < -0.39 is 0 Å². The lowest BCUT2D eigenvalue weighted by Gasteiger charge is -2.26. The summed E-state index contributed by atoms with van der Waals surface area (Å²) in [6.07, 6.45) is 4.82. The number of nitrogens with one attached hydrogen (secondary N) is 2. The molecule has 0 bridgehead atoms. The van der Waals surface area contributed by atoms with Gasteiger partial charge >= 0.3 is 0 Å². The molecule has 1 fully saturated rings. The van der Waals surface area contributed by atoms with Crippen LogP contribution in [0, 0.1) is 0 Å². The predicted octanol–water partition coefficient (Wildman–Crippen LogP) is 3.82. The fraction of sp³-hybridized carbons (Fsp3) is 0.391. The van der Waals surface area contributed by atoms with Gasteiger partial charge in [0.1, 0.15) is 0 Å². The van der Waals surface area contributed by atoms with Crippen LogP contribution in [-0.4, -0.2) is 35.8 Å². The molecule has 0 saturated heterocycles. The van der Waals surface area contributed by atoms with E-state index in [4.69, 9.17) is 0 Å². The molecule has 2 N–H and O–H groups in total. The third-order valence-corrected chi connectivity index (χ3v) is 5.34. The highest BCUT2D eigenvalue weighted by Crippen LogP contribution is 2.23. The smallest absolute Gasteiger partial charge is 0.253 e. The first-order chi connectivity index (χ1) is 13.7. The molecule has 1 aliphatic carbocycles. The summed E-state index contributed by atoms with van der Waals surface area (Å²) < 4.78 is 0. The third kappa shape index (κ3) is 5.42. The number of carbonyl (C=O) groups excluding carboxylic acids is 2. The molecule has 2 amide bonds. The molecule has 0 atom stereocenters. The summed E-state index contributed by atoms with van der Waals surface area (Å²) in [7, 11) is 0. The van der Waals surface area contributed by atoms with Crippen LogP contribution in [0.4, 0.5) is 5.69 Å². The summed E-state index contributed by atoms with van der Waals surface area (Å²) in [6.45, 7) is 3.77. The highest BCUT2D eigenvalue weighted by atomic mass is 16.2. The van der Waals surface area contributed by atoms with Gasteiger partial charge in [-0.15, -0.1) is 0 Å². The van der Waals surface area contributed by atoms with E-state index in [-0.39, 0.29) is 11.8 Å². The van der Waals surface area contributed by atoms with Crippen molar-refractivity contribution >= 4 is 17.5 Å². The summed E-state index contributed by atoms with van der Waals surface area (Å²) in [5.41, 5.74) is 2.07. The van der Waals surface area contributed by atoms with E-state index in [1.807, 2.05) is 42.5 Å². The number of rotatable bonds is 8. The standard InChI is InChI=1S/C23H29N3O2/c1-2-26(19-12-6-7-13-19)17-22(27)25-21-15-9-8-14-20(21)23(28)24-16-18-10-4-3-5-11-18/h3-5,8-11,14-15,19H,2,6-7,12-13,16-17H2,1H3,(H,24,28)(H,25,27). The first kappa shape index (κ1) is 20.1. The summed E-state index contributed by atoms with van der Waals surface area (Å²) in [5, 5.41) is 5.86. The minimum atomic E-state index is -0.192. The number of anilines is 1. The average molecular weight is 380 g/mol. The van der Waals surface area contributed by atoms with Crippen LogP contribution < -0.4 is 10.6 Å². The van der Waals surface area contributed by atoms with Crippen molar-refractivity contribution in [3.05, 3.63) is 65.7 Å². The Labute approximate surface area is 167 Å². The van der Waals surface area contributed by atoms with Crippen molar-refractivity contribution in [3.63, 3.8) is 0 Å². The number of amides is 2. The van der Waals surface area contributed by atoms with Crippen molar-refractivity contribution in [2.75, 3.05) is 18.4 Å². The van der Waals surface area contributed by atoms with Crippen LogP contribution in [-0.2, 0) is 11.3 Å². The number of benzene rings is 2. The van der Waals surface area contributed by atoms with Crippen LogP contribution in [0.1, 0.15) is 48.5 Å². The Morgan fingerprint density at radius 2 is 1.68 bits per heavy atom. The van der Waals surface area contributed by atoms with Gasteiger partial charge in [-0.3, -0.25) is 14.5 Å². The van der Waals surface area contributed by atoms with Gasteiger partial charge in [-0.1, -0.05) is 62.2 Å². The number of para-hydroxylation sites is 1. The van der Waals surface area contributed by atoms with E-state index >= 15 is 0 Å². The Kier molecular flexibility index (Phi) is 7.20. The van der Waals surface area contributed by atoms with E-state index in [0.29, 0.717) is 30.4 Å². The molecule has 0 radical (unpaired) electrons. The zero-order chi connectivity index (χ0) is 19.8. The SMILES string of the molecule is CCN(CC(=O)Nc1ccccc1C(=O)NCc1ccccc1)C1CCCC1. The Morgan fingerprint density at radius 3 is 2.39 bits per heavy atom. The number of carbonyl (C=O) groups is 2. The topological polar surface area (TPSA) is 61.4 Å². The molecule has 2 aromatic rings. The van der Waals surface area contributed by atoms with Crippen molar-refractivity contribution in [2.45, 2.75) is 45.2 Å². The Morgan fingerprint density at radius 1 is 1.00 bits per heavy atom. The molecule has 0 spiro atoms. The predicted molar refractivity (Wildman–Crippen MR) is 112 cm³/mol. The molecule has 0 aliphatic heterocycles. The maximum absolute atomic E-state index is 12.6. The first-order valence-electron chi connectivity index (χ1n) is 10.1. The zero-order valence-electron chi connectivity index (χ0n) is 16.5. The first-order valence-corrected chi connectivity index (χ1v) is 10.1. The second kappa shape index (κ2) is 10.0. The molecule has 0 heterocycles. The van der Waals surface area contributed by atoms with Crippen LogP contribution in [0.2, 0.25) is 0 Å². The van der Waals surface area contributed by atoms with Crippen molar-refractivity contribution in [2.24, 2.45) is 0 Å². The van der Waals surface area contributed by atoms with Gasteiger partial charge < -0.3 is 10.6 Å². The van der Waals surface area contributed by atoms with Crippen LogP contribution >= 0.6 is 0 Å². The van der Waals surface area contributed by atoms with Crippen LogP contribution in [0.25, 0.3) is 0 Å². The van der Waals surface area contributed by atoms with Crippen molar-refractivity contribution < 1.29 is 9.59 Å². The Hall–Kier alpha value is -2.66. The molecule has 2 aromatic carbocycles. The second-order valence-electron chi connectivity index (χ2n) is 7.26. The molecular weight excluding hydrogens is 350 g/mol. The van der Waals surface area contributed by atoms with E-state index in [0.717, 1.165) is 12.1 Å². The van der Waals surface area contributed by atoms with Gasteiger partial charge in [-0.05, 0) is 37.1 Å². The van der Waals surface area contributed by atoms with E-state index in [1.54, 1.807) is 12.1 Å². The van der Waals surface area contributed by atoms with Crippen LogP contribution in [0.15, 0.2) is 54.6 Å². The number of nitrogens with zero attached hydrogens (tertiary/aromatic N) is 1. The van der Waals surface area contributed by atoms with E-state index in [1.165, 1.54) is 25.7 Å². The Balaban J connectivity index is 1.61. The van der Waals surface area contributed by atoms with Crippen LogP contribution in [0.3, 0.4) is 0 Å². The molecule has 1 saturated carbocycles. The molecule has 148 valence electrons. The van der Waals surface area contributed by atoms with Crippen LogP contribution in [0.5, 0.6) is 0 Å².